The van der Waals surface area contributed by atoms with Gasteiger partial charge in [0.2, 0.25) is 11.7 Å². The molecule has 0 radical (unpaired) electrons. The van der Waals surface area contributed by atoms with Crippen LogP contribution in [0.3, 0.4) is 0 Å². The molecule has 8 heteroatoms. The molecule has 0 aliphatic rings. The average Bonchev–Trinajstić information content (AvgIpc) is 3.34. The minimum atomic E-state index is -0.367. The number of amides is 1. The van der Waals surface area contributed by atoms with Gasteiger partial charge in [-0.3, -0.25) is 4.79 Å². The summed E-state index contributed by atoms with van der Waals surface area (Å²) < 4.78 is 10.5. The van der Waals surface area contributed by atoms with Crippen molar-refractivity contribution < 1.29 is 13.8 Å². The maximum atomic E-state index is 12.8. The van der Waals surface area contributed by atoms with Crippen molar-refractivity contribution in [3.63, 3.8) is 0 Å². The molecule has 4 rings (SSSR count). The highest BCUT2D eigenvalue weighted by atomic mass is 35.5. The molecule has 1 amide bonds. The third kappa shape index (κ3) is 3.90. The Bertz CT molecular complexity index is 1160. The van der Waals surface area contributed by atoms with E-state index in [0.717, 1.165) is 11.1 Å². The molecule has 0 aliphatic carbocycles. The van der Waals surface area contributed by atoms with Gasteiger partial charge in [-0.1, -0.05) is 69.9 Å². The minimum Gasteiger partial charge on any atom is -0.360 e. The molecule has 0 aliphatic heterocycles. The van der Waals surface area contributed by atoms with Crippen molar-refractivity contribution in [3.05, 3.63) is 76.3 Å². The normalized spacial score (nSPS) is 10.9. The van der Waals surface area contributed by atoms with Crippen molar-refractivity contribution in [2.45, 2.75) is 20.4 Å². The second-order valence-electron chi connectivity index (χ2n) is 6.50. The van der Waals surface area contributed by atoms with Gasteiger partial charge >= 0.3 is 0 Å². The largest absolute Gasteiger partial charge is 0.360 e. The fraction of sp³-hybridized carbons (Fsp3) is 0.143. The zero-order chi connectivity index (χ0) is 20.4. The molecule has 4 aromatic rings. The van der Waals surface area contributed by atoms with Crippen LogP contribution < -0.4 is 5.32 Å². The Balaban J connectivity index is 1.51. The number of nitrogens with zero attached hydrogens (tertiary/aromatic N) is 3. The highest BCUT2D eigenvalue weighted by Crippen LogP contribution is 2.31. The summed E-state index contributed by atoms with van der Waals surface area (Å²) in [6.45, 7) is 3.75. The molecule has 2 heterocycles. The van der Waals surface area contributed by atoms with Gasteiger partial charge in [0, 0.05) is 11.1 Å². The summed E-state index contributed by atoms with van der Waals surface area (Å²) in [5, 5.41) is 11.2. The van der Waals surface area contributed by atoms with Gasteiger partial charge < -0.3 is 14.4 Å². The topological polar surface area (TPSA) is 94.1 Å². The number of hydrogen-bond donors (Lipinski definition) is 1. The van der Waals surface area contributed by atoms with Crippen LogP contribution in [-0.4, -0.2) is 21.2 Å². The first kappa shape index (κ1) is 18.9. The van der Waals surface area contributed by atoms with Crippen LogP contribution >= 0.6 is 11.6 Å². The van der Waals surface area contributed by atoms with E-state index in [1.54, 1.807) is 25.1 Å². The standard InChI is InChI=1S/C21H17ClN4O3/c1-12-7-9-14(10-8-12)20-24-17(29-26-20)11-23-21(27)18-13(2)28-25-19(18)15-5-3-4-6-16(15)22/h3-10H,11H2,1-2H3,(H,23,27). The quantitative estimate of drug-likeness (QED) is 0.519. The third-order valence-electron chi connectivity index (χ3n) is 4.40. The molecule has 0 unspecified atom stereocenters. The van der Waals surface area contributed by atoms with E-state index in [9.17, 15) is 4.79 Å². The number of aryl methyl sites for hydroxylation is 2. The Kier molecular flexibility index (Phi) is 5.14. The van der Waals surface area contributed by atoms with Gasteiger partial charge in [0.05, 0.1) is 11.6 Å². The molecule has 29 heavy (non-hydrogen) atoms. The predicted molar refractivity (Wildman–Crippen MR) is 107 cm³/mol. The highest BCUT2D eigenvalue weighted by Gasteiger charge is 2.23. The fourth-order valence-electron chi connectivity index (χ4n) is 2.87. The Hall–Kier alpha value is -3.45. The van der Waals surface area contributed by atoms with Crippen molar-refractivity contribution in [3.8, 4) is 22.6 Å². The van der Waals surface area contributed by atoms with Crippen molar-refractivity contribution in [2.24, 2.45) is 0 Å². The molecule has 146 valence electrons. The summed E-state index contributed by atoms with van der Waals surface area (Å²) in [7, 11) is 0. The lowest BCUT2D eigenvalue weighted by molar-refractivity contribution is 0.0945. The molecule has 0 bridgehead atoms. The summed E-state index contributed by atoms with van der Waals surface area (Å²) in [5.74, 6) is 0.784. The molecule has 0 fully saturated rings. The number of rotatable bonds is 5. The van der Waals surface area contributed by atoms with Crippen molar-refractivity contribution >= 4 is 17.5 Å². The Morgan fingerprint density at radius 3 is 2.55 bits per heavy atom. The number of nitrogens with one attached hydrogen (secondary N) is 1. The molecule has 0 spiro atoms. The molecule has 2 aromatic carbocycles. The summed E-state index contributed by atoms with van der Waals surface area (Å²) >= 11 is 6.24. The Morgan fingerprint density at radius 1 is 1.03 bits per heavy atom. The van der Waals surface area contributed by atoms with Crippen LogP contribution in [0.5, 0.6) is 0 Å². The number of hydrogen-bond acceptors (Lipinski definition) is 6. The second-order valence-corrected chi connectivity index (χ2v) is 6.91. The van der Waals surface area contributed by atoms with Crippen LogP contribution in [-0.2, 0) is 6.54 Å². The van der Waals surface area contributed by atoms with E-state index < -0.39 is 0 Å². The lowest BCUT2D eigenvalue weighted by Gasteiger charge is -2.05. The van der Waals surface area contributed by atoms with Gasteiger partial charge in [0.15, 0.2) is 0 Å². The molecule has 1 N–H and O–H groups in total. The smallest absolute Gasteiger partial charge is 0.257 e. The predicted octanol–water partition coefficient (Wildman–Crippen LogP) is 4.59. The van der Waals surface area contributed by atoms with Gasteiger partial charge in [-0.15, -0.1) is 0 Å². The maximum Gasteiger partial charge on any atom is 0.257 e. The SMILES string of the molecule is Cc1ccc(-c2noc(CNC(=O)c3c(-c4ccccc4Cl)noc3C)n2)cc1. The van der Waals surface area contributed by atoms with Gasteiger partial charge in [0.1, 0.15) is 17.0 Å². The van der Waals surface area contributed by atoms with Crippen molar-refractivity contribution in [1.82, 2.24) is 20.6 Å². The van der Waals surface area contributed by atoms with E-state index in [1.165, 1.54) is 0 Å². The Morgan fingerprint density at radius 2 is 1.79 bits per heavy atom. The summed E-state index contributed by atoms with van der Waals surface area (Å²) in [5.41, 5.74) is 3.31. The second kappa shape index (κ2) is 7.89. The number of carbonyl (C=O) groups excluding carboxylic acids is 1. The third-order valence-corrected chi connectivity index (χ3v) is 4.73. The highest BCUT2D eigenvalue weighted by molar-refractivity contribution is 6.33. The van der Waals surface area contributed by atoms with Crippen molar-refractivity contribution in [1.29, 1.82) is 0 Å². The van der Waals surface area contributed by atoms with Gasteiger partial charge in [0.25, 0.3) is 5.91 Å². The van der Waals surface area contributed by atoms with Gasteiger partial charge in [-0.2, -0.15) is 4.98 Å². The fourth-order valence-corrected chi connectivity index (χ4v) is 3.09. The average molecular weight is 409 g/mol. The van der Waals surface area contributed by atoms with Crippen LogP contribution in [0.2, 0.25) is 5.02 Å². The first-order valence-electron chi connectivity index (χ1n) is 8.92. The van der Waals surface area contributed by atoms with Crippen LogP contribution in [0.1, 0.15) is 27.6 Å². The van der Waals surface area contributed by atoms with Gasteiger partial charge in [-0.25, -0.2) is 0 Å². The zero-order valence-corrected chi connectivity index (χ0v) is 16.5. The van der Waals surface area contributed by atoms with Crippen LogP contribution in [0.15, 0.2) is 57.6 Å². The molecule has 0 atom stereocenters. The summed E-state index contributed by atoms with van der Waals surface area (Å²) in [6.07, 6.45) is 0. The number of aromatic nitrogens is 3. The minimum absolute atomic E-state index is 0.0737. The van der Waals surface area contributed by atoms with E-state index in [4.69, 9.17) is 20.6 Å². The first-order chi connectivity index (χ1) is 14.0. The van der Waals surface area contributed by atoms with Crippen LogP contribution in [0.4, 0.5) is 0 Å². The van der Waals surface area contributed by atoms with E-state index in [0.29, 0.717) is 39.3 Å². The zero-order valence-electron chi connectivity index (χ0n) is 15.8. The molecular formula is C21H17ClN4O3. The number of halogens is 1. The first-order valence-corrected chi connectivity index (χ1v) is 9.29. The molecule has 0 saturated heterocycles. The lowest BCUT2D eigenvalue weighted by atomic mass is 10.1. The number of benzene rings is 2. The van der Waals surface area contributed by atoms with E-state index >= 15 is 0 Å². The molecule has 2 aromatic heterocycles. The van der Waals surface area contributed by atoms with Crippen LogP contribution in [0, 0.1) is 13.8 Å². The van der Waals surface area contributed by atoms with E-state index in [2.05, 4.69) is 20.6 Å². The van der Waals surface area contributed by atoms with Gasteiger partial charge in [-0.05, 0) is 19.9 Å². The van der Waals surface area contributed by atoms with E-state index in [-0.39, 0.29) is 12.5 Å². The van der Waals surface area contributed by atoms with Crippen molar-refractivity contribution in [2.75, 3.05) is 0 Å². The number of carbonyl (C=O) groups is 1. The summed E-state index contributed by atoms with van der Waals surface area (Å²) in [4.78, 5) is 17.1. The molecule has 0 saturated carbocycles. The Labute approximate surface area is 171 Å². The molecule has 7 nitrogen and oxygen atoms in total. The lowest BCUT2D eigenvalue weighted by Crippen LogP contribution is -2.23. The van der Waals surface area contributed by atoms with Crippen LogP contribution in [0.25, 0.3) is 22.6 Å². The molecular weight excluding hydrogens is 392 g/mol. The monoisotopic (exact) mass is 408 g/mol. The maximum absolute atomic E-state index is 12.8. The van der Waals surface area contributed by atoms with E-state index in [1.807, 2.05) is 37.3 Å². The summed E-state index contributed by atoms with van der Waals surface area (Å²) in [6, 6.07) is 14.9.